The van der Waals surface area contributed by atoms with Crippen LogP contribution in [0.25, 0.3) is 11.6 Å². The van der Waals surface area contributed by atoms with E-state index in [0.29, 0.717) is 0 Å². The fraction of sp³-hybridized carbons (Fsp3) is 0.0435. The van der Waals surface area contributed by atoms with E-state index in [1.54, 1.807) is 0 Å². The van der Waals surface area contributed by atoms with Gasteiger partial charge in [-0.1, -0.05) is 23.7 Å². The van der Waals surface area contributed by atoms with Crippen LogP contribution in [0.1, 0.15) is 27.0 Å². The highest BCUT2D eigenvalue weighted by Gasteiger charge is 2.38. The van der Waals surface area contributed by atoms with Crippen molar-refractivity contribution >= 4 is 46.5 Å². The van der Waals surface area contributed by atoms with E-state index in [-0.39, 0.29) is 33.1 Å². The Kier molecular flexibility index (Phi) is 5.26. The molecule has 4 nitrogen and oxygen atoms in total. The second kappa shape index (κ2) is 7.80. The zero-order valence-corrected chi connectivity index (χ0v) is 16.7. The van der Waals surface area contributed by atoms with Gasteiger partial charge in [-0.3, -0.25) is 9.69 Å². The number of carbonyl (C=O) groups is 2. The van der Waals surface area contributed by atoms with Gasteiger partial charge in [-0.05, 0) is 54.6 Å². The predicted molar refractivity (Wildman–Crippen MR) is 111 cm³/mol. The normalized spacial score (nSPS) is 14.7. The third kappa shape index (κ3) is 3.62. The van der Waals surface area contributed by atoms with E-state index in [1.165, 1.54) is 42.5 Å². The van der Waals surface area contributed by atoms with Crippen molar-refractivity contribution in [3.8, 4) is 0 Å². The van der Waals surface area contributed by atoms with Crippen LogP contribution in [0.5, 0.6) is 0 Å². The van der Waals surface area contributed by atoms with Crippen LogP contribution < -0.4 is 4.90 Å². The number of nitrogens with zero attached hydrogens (tertiary/aromatic N) is 1. The molecule has 0 aromatic heterocycles. The Balaban J connectivity index is 1.92. The first-order chi connectivity index (χ1) is 15.1. The summed E-state index contributed by atoms with van der Waals surface area (Å²) in [7, 11) is 0. The fourth-order valence-corrected chi connectivity index (χ4v) is 3.75. The average Bonchev–Trinajstić information content (AvgIpc) is 3.01. The van der Waals surface area contributed by atoms with Crippen LogP contribution in [-0.4, -0.2) is 17.0 Å². The average molecular weight is 462 g/mol. The van der Waals surface area contributed by atoms with Gasteiger partial charge in [0.1, 0.15) is 5.82 Å². The molecule has 3 aromatic carbocycles. The van der Waals surface area contributed by atoms with E-state index in [0.717, 1.165) is 29.2 Å². The molecule has 0 bridgehead atoms. The lowest BCUT2D eigenvalue weighted by atomic mass is 10.00. The number of aromatic carboxylic acids is 1. The van der Waals surface area contributed by atoms with Crippen LogP contribution in [0.3, 0.4) is 0 Å². The number of fused-ring (bicyclic) bond motifs is 1. The maximum absolute atomic E-state index is 14.8. The molecule has 1 aliphatic rings. The Hall–Kier alpha value is -3.65. The van der Waals surface area contributed by atoms with Crippen molar-refractivity contribution in [2.45, 2.75) is 6.18 Å². The van der Waals surface area contributed by atoms with Crippen LogP contribution in [-0.2, 0) is 11.0 Å². The minimum absolute atomic E-state index is 0.0264. The van der Waals surface area contributed by atoms with Crippen molar-refractivity contribution < 1.29 is 32.3 Å². The zero-order chi connectivity index (χ0) is 23.2. The third-order valence-corrected chi connectivity index (χ3v) is 5.28. The van der Waals surface area contributed by atoms with E-state index in [2.05, 4.69) is 0 Å². The third-order valence-electron chi connectivity index (χ3n) is 4.95. The Labute approximate surface area is 184 Å². The van der Waals surface area contributed by atoms with Gasteiger partial charge >= 0.3 is 12.1 Å². The molecule has 32 heavy (non-hydrogen) atoms. The van der Waals surface area contributed by atoms with E-state index in [4.69, 9.17) is 16.7 Å². The number of benzene rings is 3. The lowest BCUT2D eigenvalue weighted by molar-refractivity contribution is -0.137. The first-order valence-corrected chi connectivity index (χ1v) is 9.51. The molecule has 0 unspecified atom stereocenters. The molecule has 1 heterocycles. The van der Waals surface area contributed by atoms with Crippen LogP contribution in [0.15, 0.2) is 60.7 Å². The molecule has 1 amide bonds. The summed E-state index contributed by atoms with van der Waals surface area (Å²) in [5, 5.41) is 8.82. The monoisotopic (exact) mass is 461 g/mol. The Morgan fingerprint density at radius 2 is 1.66 bits per heavy atom. The lowest BCUT2D eigenvalue weighted by Crippen LogP contribution is -2.20. The Morgan fingerprint density at radius 3 is 2.28 bits per heavy atom. The van der Waals surface area contributed by atoms with E-state index < -0.39 is 35.0 Å². The number of carboxylic acid groups (broad SMARTS) is 1. The van der Waals surface area contributed by atoms with Crippen molar-refractivity contribution in [3.05, 3.63) is 93.8 Å². The molecular weight excluding hydrogens is 450 g/mol. The molecule has 0 radical (unpaired) electrons. The summed E-state index contributed by atoms with van der Waals surface area (Å²) in [5.74, 6) is -2.75. The number of halogens is 5. The zero-order valence-electron chi connectivity index (χ0n) is 16.0. The molecule has 0 aliphatic carbocycles. The minimum Gasteiger partial charge on any atom is -0.478 e. The van der Waals surface area contributed by atoms with Crippen molar-refractivity contribution in [3.63, 3.8) is 0 Å². The number of amides is 1. The Morgan fingerprint density at radius 1 is 1.00 bits per heavy atom. The smallest absolute Gasteiger partial charge is 0.417 e. The van der Waals surface area contributed by atoms with Gasteiger partial charge in [-0.15, -0.1) is 0 Å². The number of alkyl halides is 3. The predicted octanol–water partition coefficient (Wildman–Crippen LogP) is 6.42. The van der Waals surface area contributed by atoms with Gasteiger partial charge in [0.25, 0.3) is 5.91 Å². The van der Waals surface area contributed by atoms with Gasteiger partial charge in [-0.2, -0.15) is 13.2 Å². The minimum atomic E-state index is -4.75. The molecule has 0 atom stereocenters. The summed E-state index contributed by atoms with van der Waals surface area (Å²) < 4.78 is 55.3. The number of carbonyl (C=O) groups excluding carboxylic acids is 1. The van der Waals surface area contributed by atoms with E-state index in [1.807, 2.05) is 0 Å². The summed E-state index contributed by atoms with van der Waals surface area (Å²) in [6.07, 6.45) is -3.82. The number of anilines is 2. The standard InChI is InChI=1S/C23H12ClF4NO3/c24-17-4-1-3-16(23(26,27)28)14(17)11-15-20-18(25)5-2-6-19(20)29(21(15)30)13-9-7-12(8-10-13)22(31)32/h1-11H,(H,31,32)/b15-11-. The molecule has 162 valence electrons. The molecule has 0 spiro atoms. The molecule has 1 N–H and O–H groups in total. The largest absolute Gasteiger partial charge is 0.478 e. The lowest BCUT2D eigenvalue weighted by Gasteiger charge is -2.17. The quantitative estimate of drug-likeness (QED) is 0.362. The topological polar surface area (TPSA) is 57.6 Å². The van der Waals surface area contributed by atoms with Crippen LogP contribution in [0.2, 0.25) is 5.02 Å². The van der Waals surface area contributed by atoms with Crippen LogP contribution in [0.4, 0.5) is 28.9 Å². The SMILES string of the molecule is O=C(O)c1ccc(N2C(=O)/C(=C\c3c(Cl)cccc3C(F)(F)F)c3c(F)cccc32)cc1. The molecule has 0 saturated heterocycles. The summed E-state index contributed by atoms with van der Waals surface area (Å²) in [6.45, 7) is 0. The van der Waals surface area contributed by atoms with E-state index in [9.17, 15) is 27.2 Å². The summed E-state index contributed by atoms with van der Waals surface area (Å²) in [4.78, 5) is 25.5. The second-order valence-corrected chi connectivity index (χ2v) is 7.29. The van der Waals surface area contributed by atoms with Gasteiger partial charge in [0.15, 0.2) is 0 Å². The van der Waals surface area contributed by atoms with E-state index >= 15 is 0 Å². The highest BCUT2D eigenvalue weighted by atomic mass is 35.5. The van der Waals surface area contributed by atoms with Crippen molar-refractivity contribution in [2.75, 3.05) is 4.90 Å². The molecule has 9 heteroatoms. The molecule has 3 aromatic rings. The molecule has 0 saturated carbocycles. The van der Waals surface area contributed by atoms with Crippen molar-refractivity contribution in [2.24, 2.45) is 0 Å². The number of hydrogen-bond acceptors (Lipinski definition) is 2. The first kappa shape index (κ1) is 21.6. The molecule has 0 fully saturated rings. The number of carboxylic acids is 1. The molecular formula is C23H12ClF4NO3. The maximum Gasteiger partial charge on any atom is 0.417 e. The van der Waals surface area contributed by atoms with Crippen molar-refractivity contribution in [1.29, 1.82) is 0 Å². The van der Waals surface area contributed by atoms with Gasteiger partial charge in [0.05, 0.1) is 22.4 Å². The fourth-order valence-electron chi connectivity index (χ4n) is 3.52. The maximum atomic E-state index is 14.8. The summed E-state index contributed by atoms with van der Waals surface area (Å²) >= 11 is 6.01. The Bertz CT molecular complexity index is 1280. The van der Waals surface area contributed by atoms with Crippen molar-refractivity contribution in [1.82, 2.24) is 0 Å². The van der Waals surface area contributed by atoms with Gasteiger partial charge in [0, 0.05) is 21.8 Å². The molecule has 1 aliphatic heterocycles. The number of hydrogen-bond donors (Lipinski definition) is 1. The first-order valence-electron chi connectivity index (χ1n) is 9.13. The summed E-state index contributed by atoms with van der Waals surface area (Å²) in [6, 6.07) is 12.3. The van der Waals surface area contributed by atoms with Crippen LogP contribution in [0, 0.1) is 5.82 Å². The van der Waals surface area contributed by atoms with Gasteiger partial charge < -0.3 is 5.11 Å². The van der Waals surface area contributed by atoms with Gasteiger partial charge in [0.2, 0.25) is 0 Å². The number of rotatable bonds is 3. The highest BCUT2D eigenvalue weighted by Crippen LogP contribution is 2.45. The van der Waals surface area contributed by atoms with Crippen LogP contribution >= 0.6 is 11.6 Å². The second-order valence-electron chi connectivity index (χ2n) is 6.88. The highest BCUT2D eigenvalue weighted by molar-refractivity contribution is 6.39. The summed E-state index contributed by atoms with van der Waals surface area (Å²) in [5.41, 5.74) is -1.68. The molecule has 4 rings (SSSR count). The van der Waals surface area contributed by atoms with Gasteiger partial charge in [-0.25, -0.2) is 9.18 Å².